The predicted molar refractivity (Wildman–Crippen MR) is 56.1 cm³/mol. The third kappa shape index (κ3) is 1.88. The van der Waals surface area contributed by atoms with Crippen LogP contribution in [0.5, 0.6) is 0 Å². The zero-order valence-corrected chi connectivity index (χ0v) is 8.00. The summed E-state index contributed by atoms with van der Waals surface area (Å²) < 4.78 is 0. The highest BCUT2D eigenvalue weighted by Gasteiger charge is 2.18. The highest BCUT2D eigenvalue weighted by molar-refractivity contribution is 5.82. The van der Waals surface area contributed by atoms with Gasteiger partial charge in [-0.25, -0.2) is 4.79 Å². The van der Waals surface area contributed by atoms with Gasteiger partial charge in [-0.1, -0.05) is 12.2 Å². The molecule has 0 saturated heterocycles. The van der Waals surface area contributed by atoms with Gasteiger partial charge in [-0.05, 0) is 18.2 Å². The van der Waals surface area contributed by atoms with Gasteiger partial charge < -0.3 is 5.11 Å². The van der Waals surface area contributed by atoms with Crippen LogP contribution in [0.25, 0.3) is 5.70 Å². The number of pyridine rings is 1. The van der Waals surface area contributed by atoms with Crippen molar-refractivity contribution in [3.8, 4) is 0 Å². The molecule has 4 nitrogen and oxygen atoms in total. The lowest BCUT2D eigenvalue weighted by atomic mass is 10.1. The van der Waals surface area contributed by atoms with Crippen LogP contribution in [0, 0.1) is 0 Å². The van der Waals surface area contributed by atoms with E-state index in [9.17, 15) is 4.79 Å². The molecule has 1 aromatic rings. The van der Waals surface area contributed by atoms with Crippen LogP contribution in [0.15, 0.2) is 42.8 Å². The molecule has 0 saturated carbocycles. The maximum Gasteiger partial charge on any atom is 0.412 e. The summed E-state index contributed by atoms with van der Waals surface area (Å²) in [6, 6.07) is 3.63. The molecule has 0 aliphatic carbocycles. The van der Waals surface area contributed by atoms with Crippen LogP contribution in [-0.2, 0) is 0 Å². The van der Waals surface area contributed by atoms with Crippen molar-refractivity contribution in [1.82, 2.24) is 9.88 Å². The van der Waals surface area contributed by atoms with Crippen molar-refractivity contribution in [2.75, 3.05) is 6.54 Å². The molecule has 2 heterocycles. The van der Waals surface area contributed by atoms with Crippen LogP contribution in [-0.4, -0.2) is 27.6 Å². The van der Waals surface area contributed by atoms with E-state index in [-0.39, 0.29) is 0 Å². The first-order valence-electron chi connectivity index (χ1n) is 4.57. The Balaban J connectivity index is 2.38. The van der Waals surface area contributed by atoms with Crippen LogP contribution in [0.1, 0.15) is 5.56 Å². The predicted octanol–water partition coefficient (Wildman–Crippen LogP) is 1.97. The van der Waals surface area contributed by atoms with E-state index >= 15 is 0 Å². The molecule has 1 N–H and O–H groups in total. The standard InChI is InChI=1S/C11H10N2O2/c14-11(15)13-7-2-1-5-10(13)9-4-3-6-12-8-9/h1-6,8H,7H2,(H,14,15). The molecule has 0 unspecified atom stereocenters. The first-order chi connectivity index (χ1) is 7.29. The fourth-order valence-corrected chi connectivity index (χ4v) is 1.46. The number of carboxylic acid groups (broad SMARTS) is 1. The monoisotopic (exact) mass is 202 g/mol. The third-order valence-corrected chi connectivity index (χ3v) is 2.16. The second kappa shape index (κ2) is 3.96. The zero-order chi connectivity index (χ0) is 10.7. The Bertz CT molecular complexity index is 423. The molecule has 0 radical (unpaired) electrons. The molecule has 0 bridgehead atoms. The van der Waals surface area contributed by atoms with Gasteiger partial charge in [0.1, 0.15) is 0 Å². The smallest absolute Gasteiger partial charge is 0.412 e. The normalized spacial score (nSPS) is 14.9. The molecule has 0 fully saturated rings. The van der Waals surface area contributed by atoms with Crippen molar-refractivity contribution in [2.45, 2.75) is 0 Å². The molecular formula is C11H10N2O2. The summed E-state index contributed by atoms with van der Waals surface area (Å²) in [5.41, 5.74) is 1.47. The van der Waals surface area contributed by atoms with E-state index in [1.165, 1.54) is 4.90 Å². The summed E-state index contributed by atoms with van der Waals surface area (Å²) in [6.45, 7) is 0.385. The summed E-state index contributed by atoms with van der Waals surface area (Å²) in [7, 11) is 0. The van der Waals surface area contributed by atoms with Gasteiger partial charge in [0, 0.05) is 24.5 Å². The van der Waals surface area contributed by atoms with Crippen LogP contribution < -0.4 is 0 Å². The Morgan fingerprint density at radius 1 is 1.53 bits per heavy atom. The Kier molecular flexibility index (Phi) is 2.49. The molecule has 0 atom stereocenters. The molecular weight excluding hydrogens is 192 g/mol. The molecule has 0 aromatic carbocycles. The molecule has 1 aromatic heterocycles. The van der Waals surface area contributed by atoms with Gasteiger partial charge in [-0.2, -0.15) is 0 Å². The molecule has 2 rings (SSSR count). The number of aromatic nitrogens is 1. The van der Waals surface area contributed by atoms with E-state index in [2.05, 4.69) is 4.98 Å². The van der Waals surface area contributed by atoms with Crippen LogP contribution >= 0.6 is 0 Å². The summed E-state index contributed by atoms with van der Waals surface area (Å²) in [5, 5.41) is 9.00. The molecule has 1 aliphatic heterocycles. The fourth-order valence-electron chi connectivity index (χ4n) is 1.46. The van der Waals surface area contributed by atoms with Crippen molar-refractivity contribution >= 4 is 11.8 Å². The minimum atomic E-state index is -0.950. The van der Waals surface area contributed by atoms with Gasteiger partial charge in [-0.15, -0.1) is 0 Å². The van der Waals surface area contributed by atoms with Gasteiger partial charge in [0.05, 0.1) is 5.70 Å². The summed E-state index contributed by atoms with van der Waals surface area (Å²) in [4.78, 5) is 16.2. The van der Waals surface area contributed by atoms with E-state index in [0.29, 0.717) is 12.2 Å². The van der Waals surface area contributed by atoms with E-state index in [0.717, 1.165) is 5.56 Å². The maximum atomic E-state index is 11.0. The molecule has 0 spiro atoms. The third-order valence-electron chi connectivity index (χ3n) is 2.16. The van der Waals surface area contributed by atoms with E-state index in [1.807, 2.05) is 12.1 Å². The highest BCUT2D eigenvalue weighted by Crippen LogP contribution is 2.21. The van der Waals surface area contributed by atoms with Crippen LogP contribution in [0.4, 0.5) is 4.79 Å². The molecule has 1 aliphatic rings. The van der Waals surface area contributed by atoms with E-state index < -0.39 is 6.09 Å². The number of allylic oxidation sites excluding steroid dienone is 2. The molecule has 76 valence electrons. The number of amides is 1. The first-order valence-corrected chi connectivity index (χ1v) is 4.57. The molecule has 4 heteroatoms. The topological polar surface area (TPSA) is 53.4 Å². The van der Waals surface area contributed by atoms with Gasteiger partial charge in [-0.3, -0.25) is 9.88 Å². The second-order valence-electron chi connectivity index (χ2n) is 3.11. The average Bonchev–Trinajstić information content (AvgIpc) is 2.30. The fraction of sp³-hybridized carbons (Fsp3) is 0.0909. The summed E-state index contributed by atoms with van der Waals surface area (Å²) in [5.74, 6) is 0. The van der Waals surface area contributed by atoms with Crippen molar-refractivity contribution in [1.29, 1.82) is 0 Å². The van der Waals surface area contributed by atoms with Gasteiger partial charge in [0.15, 0.2) is 0 Å². The Hall–Kier alpha value is -2.10. The van der Waals surface area contributed by atoms with Crippen molar-refractivity contribution < 1.29 is 9.90 Å². The number of rotatable bonds is 1. The van der Waals surface area contributed by atoms with E-state index in [1.54, 1.807) is 30.6 Å². The average molecular weight is 202 g/mol. The number of hydrogen-bond acceptors (Lipinski definition) is 2. The Morgan fingerprint density at radius 2 is 2.40 bits per heavy atom. The number of nitrogens with zero attached hydrogens (tertiary/aromatic N) is 2. The summed E-state index contributed by atoms with van der Waals surface area (Å²) >= 11 is 0. The summed E-state index contributed by atoms with van der Waals surface area (Å²) in [6.07, 6.45) is 7.79. The van der Waals surface area contributed by atoms with Crippen molar-refractivity contribution in [2.24, 2.45) is 0 Å². The lowest BCUT2D eigenvalue weighted by Crippen LogP contribution is -2.29. The number of hydrogen-bond donors (Lipinski definition) is 1. The van der Waals surface area contributed by atoms with Crippen LogP contribution in [0.2, 0.25) is 0 Å². The number of carbonyl (C=O) groups is 1. The zero-order valence-electron chi connectivity index (χ0n) is 8.00. The van der Waals surface area contributed by atoms with Crippen molar-refractivity contribution in [3.63, 3.8) is 0 Å². The second-order valence-corrected chi connectivity index (χ2v) is 3.11. The highest BCUT2D eigenvalue weighted by atomic mass is 16.4. The van der Waals surface area contributed by atoms with Gasteiger partial charge >= 0.3 is 6.09 Å². The molecule has 15 heavy (non-hydrogen) atoms. The quantitative estimate of drug-likeness (QED) is 0.757. The minimum absolute atomic E-state index is 0.385. The van der Waals surface area contributed by atoms with Crippen LogP contribution in [0.3, 0.4) is 0 Å². The Labute approximate surface area is 87.2 Å². The maximum absolute atomic E-state index is 11.0. The largest absolute Gasteiger partial charge is 0.465 e. The Morgan fingerprint density at radius 3 is 3.07 bits per heavy atom. The SMILES string of the molecule is O=C(O)N1CC=CC=C1c1cccnc1. The van der Waals surface area contributed by atoms with Crippen molar-refractivity contribution in [3.05, 3.63) is 48.3 Å². The lowest BCUT2D eigenvalue weighted by Gasteiger charge is -2.23. The van der Waals surface area contributed by atoms with Gasteiger partial charge in [0.25, 0.3) is 0 Å². The minimum Gasteiger partial charge on any atom is -0.465 e. The lowest BCUT2D eigenvalue weighted by molar-refractivity contribution is 0.169. The first kappa shape index (κ1) is 9.45. The van der Waals surface area contributed by atoms with E-state index in [4.69, 9.17) is 5.11 Å². The van der Waals surface area contributed by atoms with Gasteiger partial charge in [0.2, 0.25) is 0 Å². The molecule has 1 amide bonds.